The molecule has 0 unspecified atom stereocenters. The molecule has 0 atom stereocenters. The molecule has 0 aromatic heterocycles. The number of hydrogen-bond donors (Lipinski definition) is 0. The van der Waals surface area contributed by atoms with Crippen LogP contribution in [0, 0.1) is 0 Å². The van der Waals surface area contributed by atoms with Gasteiger partial charge in [0, 0.05) is 12.8 Å². The van der Waals surface area contributed by atoms with Crippen molar-refractivity contribution in [2.75, 3.05) is 4.43 Å². The summed E-state index contributed by atoms with van der Waals surface area (Å²) in [5.41, 5.74) is 1.50. The summed E-state index contributed by atoms with van der Waals surface area (Å²) in [6, 6.07) is 7.10. The van der Waals surface area contributed by atoms with Crippen molar-refractivity contribution in [2.24, 2.45) is 0 Å². The molecule has 2 rings (SSSR count). The average molecular weight is 415 g/mol. The quantitative estimate of drug-likeness (QED) is 0.297. The molecule has 1 heterocycles. The number of rotatable bonds is 7. The van der Waals surface area contributed by atoms with E-state index in [9.17, 15) is 14.4 Å². The van der Waals surface area contributed by atoms with Crippen molar-refractivity contribution >= 4 is 40.4 Å². The lowest BCUT2D eigenvalue weighted by atomic mass is 10.1. The summed E-state index contributed by atoms with van der Waals surface area (Å²) < 4.78 is 1.18. The molecule has 1 saturated heterocycles. The summed E-state index contributed by atoms with van der Waals surface area (Å²) in [4.78, 5) is 39.6. The first-order valence-corrected chi connectivity index (χ1v) is 8.87. The number of unbranched alkanes of at least 4 members (excludes halogenated alkanes) is 2. The summed E-state index contributed by atoms with van der Waals surface area (Å²) in [5, 5.41) is 0.570. The van der Waals surface area contributed by atoms with E-state index in [0.717, 1.165) is 12.8 Å². The first-order valence-electron chi connectivity index (χ1n) is 7.35. The maximum absolute atomic E-state index is 11.9. The molecule has 1 fully saturated rings. The molecule has 22 heavy (non-hydrogen) atoms. The highest BCUT2D eigenvalue weighted by Crippen LogP contribution is 2.15. The third-order valence-electron chi connectivity index (χ3n) is 3.47. The van der Waals surface area contributed by atoms with Crippen LogP contribution in [-0.4, -0.2) is 27.3 Å². The van der Waals surface area contributed by atoms with Gasteiger partial charge in [-0.15, -0.1) is 5.06 Å². The molecule has 5 nitrogen and oxygen atoms in total. The lowest BCUT2D eigenvalue weighted by Crippen LogP contribution is -2.32. The molecule has 118 valence electrons. The van der Waals surface area contributed by atoms with Gasteiger partial charge < -0.3 is 4.84 Å². The topological polar surface area (TPSA) is 63.7 Å². The number of aryl methyl sites for hydroxylation is 1. The van der Waals surface area contributed by atoms with E-state index in [1.165, 1.54) is 22.8 Å². The van der Waals surface area contributed by atoms with E-state index in [0.29, 0.717) is 10.6 Å². The van der Waals surface area contributed by atoms with Crippen LogP contribution >= 0.6 is 22.6 Å². The van der Waals surface area contributed by atoms with Gasteiger partial charge in [0.05, 0.1) is 5.56 Å². The predicted octanol–water partition coefficient (Wildman–Crippen LogP) is 3.06. The summed E-state index contributed by atoms with van der Waals surface area (Å²) >= 11 is 2.37. The number of hydroxylamine groups is 2. The van der Waals surface area contributed by atoms with Crippen LogP contribution in [0.1, 0.15) is 48.0 Å². The van der Waals surface area contributed by atoms with E-state index >= 15 is 0 Å². The zero-order valence-electron chi connectivity index (χ0n) is 12.2. The summed E-state index contributed by atoms with van der Waals surface area (Å²) in [6.45, 7) is 0. The minimum Gasteiger partial charge on any atom is -0.325 e. The van der Waals surface area contributed by atoms with E-state index in [1.54, 1.807) is 12.1 Å². The van der Waals surface area contributed by atoms with Gasteiger partial charge in [-0.1, -0.05) is 41.1 Å². The van der Waals surface area contributed by atoms with Crippen LogP contribution in [0.3, 0.4) is 0 Å². The Morgan fingerprint density at radius 1 is 1.05 bits per heavy atom. The zero-order valence-corrected chi connectivity index (χ0v) is 14.4. The van der Waals surface area contributed by atoms with Crippen LogP contribution in [0.25, 0.3) is 0 Å². The van der Waals surface area contributed by atoms with Crippen LogP contribution < -0.4 is 0 Å². The number of hydrogen-bond acceptors (Lipinski definition) is 4. The van der Waals surface area contributed by atoms with Crippen molar-refractivity contribution in [1.29, 1.82) is 0 Å². The average Bonchev–Trinajstić information content (AvgIpc) is 2.84. The number of nitrogens with zero attached hydrogens (tertiary/aromatic N) is 1. The molecule has 6 heteroatoms. The summed E-state index contributed by atoms with van der Waals surface area (Å²) in [5.74, 6) is -1.62. The van der Waals surface area contributed by atoms with Gasteiger partial charge >= 0.3 is 5.97 Å². The van der Waals surface area contributed by atoms with E-state index in [1.807, 2.05) is 12.1 Å². The molecule has 2 amide bonds. The van der Waals surface area contributed by atoms with Crippen LogP contribution in [0.2, 0.25) is 0 Å². The Morgan fingerprint density at radius 2 is 1.68 bits per heavy atom. The Morgan fingerprint density at radius 3 is 2.27 bits per heavy atom. The summed E-state index contributed by atoms with van der Waals surface area (Å²) in [6.07, 6.45) is 4.73. The number of alkyl halides is 1. The van der Waals surface area contributed by atoms with E-state index in [2.05, 4.69) is 22.6 Å². The van der Waals surface area contributed by atoms with E-state index < -0.39 is 17.8 Å². The predicted molar refractivity (Wildman–Crippen MR) is 89.4 cm³/mol. The first kappa shape index (κ1) is 16.9. The molecule has 0 radical (unpaired) electrons. The zero-order chi connectivity index (χ0) is 15.9. The van der Waals surface area contributed by atoms with Crippen molar-refractivity contribution < 1.29 is 19.2 Å². The van der Waals surface area contributed by atoms with Crippen molar-refractivity contribution in [3.63, 3.8) is 0 Å². The molecule has 0 saturated carbocycles. The molecule has 0 bridgehead atoms. The van der Waals surface area contributed by atoms with Crippen molar-refractivity contribution in [3.8, 4) is 0 Å². The standard InChI is InChI=1S/C16H18INO4/c17-11-3-1-2-4-12-5-7-13(8-6-12)16(21)22-18-14(19)9-10-15(18)20/h5-8H,1-4,9-11H2. The van der Waals surface area contributed by atoms with Crippen molar-refractivity contribution in [3.05, 3.63) is 35.4 Å². The highest BCUT2D eigenvalue weighted by atomic mass is 127. The fourth-order valence-corrected chi connectivity index (χ4v) is 2.74. The fourth-order valence-electron chi connectivity index (χ4n) is 2.20. The van der Waals surface area contributed by atoms with Crippen LogP contribution in [0.5, 0.6) is 0 Å². The molecular weight excluding hydrogens is 397 g/mol. The smallest absolute Gasteiger partial charge is 0.325 e. The highest BCUT2D eigenvalue weighted by Gasteiger charge is 2.33. The summed E-state index contributed by atoms with van der Waals surface area (Å²) in [7, 11) is 0. The maximum Gasteiger partial charge on any atom is 0.363 e. The van der Waals surface area contributed by atoms with Gasteiger partial charge in [-0.05, 0) is 41.4 Å². The highest BCUT2D eigenvalue weighted by molar-refractivity contribution is 14.1. The second kappa shape index (κ2) is 8.26. The van der Waals surface area contributed by atoms with Crippen molar-refractivity contribution in [2.45, 2.75) is 38.5 Å². The Bertz CT molecular complexity index is 540. The molecule has 0 N–H and O–H groups in total. The minimum atomic E-state index is -0.680. The minimum absolute atomic E-state index is 0.0995. The Balaban J connectivity index is 1.88. The number of amides is 2. The first-order chi connectivity index (χ1) is 10.6. The van der Waals surface area contributed by atoms with Gasteiger partial charge in [0.15, 0.2) is 0 Å². The van der Waals surface area contributed by atoms with Crippen LogP contribution in [-0.2, 0) is 20.8 Å². The van der Waals surface area contributed by atoms with Gasteiger partial charge in [0.2, 0.25) is 0 Å². The molecule has 1 aliphatic heterocycles. The molecule has 1 aliphatic rings. The molecule has 1 aromatic carbocycles. The monoisotopic (exact) mass is 415 g/mol. The Labute approximate surface area is 143 Å². The van der Waals surface area contributed by atoms with Crippen LogP contribution in [0.4, 0.5) is 0 Å². The van der Waals surface area contributed by atoms with Gasteiger partial charge in [-0.2, -0.15) is 0 Å². The van der Waals surface area contributed by atoms with E-state index in [-0.39, 0.29) is 12.8 Å². The fraction of sp³-hybridized carbons (Fsp3) is 0.438. The molecule has 1 aromatic rings. The lowest BCUT2D eigenvalue weighted by Gasteiger charge is -2.12. The maximum atomic E-state index is 11.9. The second-order valence-corrected chi connectivity index (χ2v) is 6.24. The third-order valence-corrected chi connectivity index (χ3v) is 4.23. The SMILES string of the molecule is O=C(ON1C(=O)CCC1=O)c1ccc(CCCCCI)cc1. The molecule has 0 spiro atoms. The second-order valence-electron chi connectivity index (χ2n) is 5.16. The number of benzene rings is 1. The number of imide groups is 1. The Hall–Kier alpha value is -1.44. The van der Waals surface area contributed by atoms with E-state index in [4.69, 9.17) is 4.84 Å². The largest absolute Gasteiger partial charge is 0.363 e. The normalized spacial score (nSPS) is 14.5. The van der Waals surface area contributed by atoms with Gasteiger partial charge in [0.1, 0.15) is 0 Å². The third kappa shape index (κ3) is 4.53. The number of halogens is 1. The number of carbonyl (C=O) groups is 3. The van der Waals surface area contributed by atoms with Gasteiger partial charge in [-0.3, -0.25) is 9.59 Å². The van der Waals surface area contributed by atoms with Gasteiger partial charge in [0.25, 0.3) is 11.8 Å². The molecule has 0 aliphatic carbocycles. The van der Waals surface area contributed by atoms with Crippen molar-refractivity contribution in [1.82, 2.24) is 5.06 Å². The lowest BCUT2D eigenvalue weighted by molar-refractivity contribution is -0.172. The molecular formula is C16H18INO4. The Kier molecular flexibility index (Phi) is 6.35. The van der Waals surface area contributed by atoms with Gasteiger partial charge in [-0.25, -0.2) is 4.79 Å². The number of carbonyl (C=O) groups excluding carboxylic acids is 3. The van der Waals surface area contributed by atoms with Crippen LogP contribution in [0.15, 0.2) is 24.3 Å².